The number of nitrogens with zero attached hydrogens (tertiary/aromatic N) is 1. The SMILES string of the molecule is CC/C=C\C/C=C\C/C=C\C/C=C\C/C=C\C/C=C\CCCCC(=O)OC(COC(=O)CCCCCCCCCCCCCCCCCCCCCCCCCCCCCCCCCCCCCCCC)COP(=O)(O)OCC[N+](C)(C)C. The first-order valence-electron chi connectivity index (χ1n) is 35.2. The maximum absolute atomic E-state index is 12.8. The van der Waals surface area contributed by atoms with Crippen LogP contribution in [0.15, 0.2) is 72.9 Å². The van der Waals surface area contributed by atoms with E-state index < -0.39 is 26.5 Å². The lowest BCUT2D eigenvalue weighted by Crippen LogP contribution is -2.37. The summed E-state index contributed by atoms with van der Waals surface area (Å²) in [5.74, 6) is -0.840. The summed E-state index contributed by atoms with van der Waals surface area (Å²) in [6, 6.07) is 0. The van der Waals surface area contributed by atoms with Gasteiger partial charge in [-0.1, -0.05) is 324 Å². The number of hydrogen-bond acceptors (Lipinski definition) is 7. The van der Waals surface area contributed by atoms with Crippen molar-refractivity contribution in [3.8, 4) is 0 Å². The Kier molecular flexibility index (Phi) is 62.0. The number of unbranched alkanes of at least 4 members (excludes halogenated alkanes) is 39. The van der Waals surface area contributed by atoms with Gasteiger partial charge in [-0.2, -0.15) is 0 Å². The van der Waals surface area contributed by atoms with Crippen molar-refractivity contribution < 1.29 is 42.1 Å². The van der Waals surface area contributed by atoms with Crippen molar-refractivity contribution in [2.75, 3.05) is 47.5 Å². The average Bonchev–Trinajstić information content (AvgIpc) is 3.49. The largest absolute Gasteiger partial charge is 0.472 e. The third kappa shape index (κ3) is 68.4. The van der Waals surface area contributed by atoms with E-state index >= 15 is 0 Å². The topological polar surface area (TPSA) is 108 Å². The van der Waals surface area contributed by atoms with Crippen molar-refractivity contribution >= 4 is 19.8 Å². The molecule has 83 heavy (non-hydrogen) atoms. The Labute approximate surface area is 514 Å². The molecular formula is C73H135NO8P+. The number of likely N-dealkylation sites (N-methyl/N-ethyl adjacent to an activating group) is 1. The second kappa shape index (κ2) is 63.9. The van der Waals surface area contributed by atoms with Crippen LogP contribution in [0.4, 0.5) is 0 Å². The minimum absolute atomic E-state index is 0.0211. The third-order valence-corrected chi connectivity index (χ3v) is 16.5. The van der Waals surface area contributed by atoms with Crippen LogP contribution in [0.5, 0.6) is 0 Å². The predicted molar refractivity (Wildman–Crippen MR) is 358 cm³/mol. The monoisotopic (exact) mass is 1180 g/mol. The first kappa shape index (κ1) is 80.5. The fourth-order valence-electron chi connectivity index (χ4n) is 10.1. The van der Waals surface area contributed by atoms with Crippen LogP contribution in [-0.2, 0) is 32.7 Å². The average molecular weight is 1190 g/mol. The molecule has 0 spiro atoms. The molecular weight excluding hydrogens is 1050 g/mol. The van der Waals surface area contributed by atoms with Gasteiger partial charge in [-0.15, -0.1) is 0 Å². The first-order valence-corrected chi connectivity index (χ1v) is 36.7. The van der Waals surface area contributed by atoms with Gasteiger partial charge in [0, 0.05) is 12.8 Å². The highest BCUT2D eigenvalue weighted by Crippen LogP contribution is 2.43. The molecule has 2 unspecified atom stereocenters. The van der Waals surface area contributed by atoms with Gasteiger partial charge in [0.05, 0.1) is 27.7 Å². The van der Waals surface area contributed by atoms with Crippen LogP contribution in [0.25, 0.3) is 0 Å². The number of rotatable bonds is 65. The number of hydrogen-bond donors (Lipinski definition) is 1. The molecule has 0 saturated heterocycles. The Balaban J connectivity index is 3.96. The first-order chi connectivity index (χ1) is 40.5. The highest BCUT2D eigenvalue weighted by atomic mass is 31.2. The molecule has 0 fully saturated rings. The van der Waals surface area contributed by atoms with E-state index in [0.717, 1.165) is 70.6 Å². The van der Waals surface area contributed by atoms with Crippen molar-refractivity contribution in [3.05, 3.63) is 72.9 Å². The third-order valence-electron chi connectivity index (χ3n) is 15.5. The summed E-state index contributed by atoms with van der Waals surface area (Å²) < 4.78 is 34.6. The van der Waals surface area contributed by atoms with E-state index in [1.165, 1.54) is 225 Å². The summed E-state index contributed by atoms with van der Waals surface area (Å²) >= 11 is 0. The van der Waals surface area contributed by atoms with Gasteiger partial charge in [0.1, 0.15) is 19.8 Å². The van der Waals surface area contributed by atoms with Crippen molar-refractivity contribution in [1.29, 1.82) is 0 Å². The van der Waals surface area contributed by atoms with Crippen molar-refractivity contribution in [2.45, 2.75) is 335 Å². The second-order valence-corrected chi connectivity index (χ2v) is 26.4. The van der Waals surface area contributed by atoms with Crippen molar-refractivity contribution in [2.24, 2.45) is 0 Å². The molecule has 0 heterocycles. The van der Waals surface area contributed by atoms with Crippen LogP contribution in [0.3, 0.4) is 0 Å². The number of esters is 2. The molecule has 0 saturated carbocycles. The zero-order chi connectivity index (χ0) is 60.5. The smallest absolute Gasteiger partial charge is 0.462 e. The maximum Gasteiger partial charge on any atom is 0.472 e. The predicted octanol–water partition coefficient (Wildman–Crippen LogP) is 22.8. The molecule has 0 aromatic carbocycles. The molecule has 0 aromatic heterocycles. The molecule has 2 atom stereocenters. The van der Waals surface area contributed by atoms with Gasteiger partial charge in [-0.25, -0.2) is 4.57 Å². The van der Waals surface area contributed by atoms with Gasteiger partial charge >= 0.3 is 19.8 Å². The summed E-state index contributed by atoms with van der Waals surface area (Å²) in [5.41, 5.74) is 0. The summed E-state index contributed by atoms with van der Waals surface area (Å²) in [4.78, 5) is 35.8. The normalized spacial score (nSPS) is 13.6. The van der Waals surface area contributed by atoms with Crippen LogP contribution < -0.4 is 0 Å². The van der Waals surface area contributed by atoms with E-state index in [1.54, 1.807) is 0 Å². The van der Waals surface area contributed by atoms with Crippen LogP contribution in [0, 0.1) is 0 Å². The lowest BCUT2D eigenvalue weighted by molar-refractivity contribution is -0.870. The van der Waals surface area contributed by atoms with Gasteiger partial charge in [0.2, 0.25) is 0 Å². The van der Waals surface area contributed by atoms with Gasteiger partial charge < -0.3 is 18.9 Å². The van der Waals surface area contributed by atoms with Gasteiger partial charge in [0.15, 0.2) is 6.10 Å². The quantitative estimate of drug-likeness (QED) is 0.0211. The van der Waals surface area contributed by atoms with Crippen LogP contribution in [0.1, 0.15) is 328 Å². The van der Waals surface area contributed by atoms with E-state index in [0.29, 0.717) is 17.4 Å². The zero-order valence-electron chi connectivity index (χ0n) is 55.2. The molecule has 10 heteroatoms. The number of quaternary nitrogens is 1. The second-order valence-electron chi connectivity index (χ2n) is 24.9. The molecule has 0 aliphatic heterocycles. The maximum atomic E-state index is 12.8. The van der Waals surface area contributed by atoms with Crippen LogP contribution in [-0.4, -0.2) is 74.9 Å². The van der Waals surface area contributed by atoms with Crippen LogP contribution in [0.2, 0.25) is 0 Å². The molecule has 1 N–H and O–H groups in total. The minimum atomic E-state index is -4.41. The minimum Gasteiger partial charge on any atom is -0.462 e. The van der Waals surface area contributed by atoms with Gasteiger partial charge in [-0.3, -0.25) is 18.6 Å². The van der Waals surface area contributed by atoms with Gasteiger partial charge in [-0.05, 0) is 64.2 Å². The Bertz CT molecular complexity index is 1630. The summed E-state index contributed by atoms with van der Waals surface area (Å²) in [7, 11) is 1.45. The van der Waals surface area contributed by atoms with E-state index in [1.807, 2.05) is 21.1 Å². The molecule has 0 radical (unpaired) electrons. The number of phosphoric acid groups is 1. The highest BCUT2D eigenvalue weighted by Gasteiger charge is 2.27. The summed E-state index contributed by atoms with van der Waals surface area (Å²) in [6.07, 6.45) is 86.2. The Morgan fingerprint density at radius 1 is 0.386 bits per heavy atom. The van der Waals surface area contributed by atoms with E-state index in [-0.39, 0.29) is 32.0 Å². The number of phosphoric ester groups is 1. The van der Waals surface area contributed by atoms with Crippen molar-refractivity contribution in [3.63, 3.8) is 0 Å². The Morgan fingerprint density at radius 2 is 0.687 bits per heavy atom. The molecule has 0 aliphatic carbocycles. The lowest BCUT2D eigenvalue weighted by Gasteiger charge is -2.24. The van der Waals surface area contributed by atoms with Crippen LogP contribution >= 0.6 is 7.82 Å². The standard InChI is InChI=1S/C73H134NO8P/c1-6-8-10-12-14-16-18-20-22-24-26-28-29-30-31-32-33-34-35-36-37-38-39-40-41-42-43-44-46-47-49-51-53-55-57-59-61-63-65-72(75)79-69-71(70-81-83(77,78)80-68-67-74(3,4)5)82-73(76)66-64-62-60-58-56-54-52-50-48-45-27-25-23-21-19-17-15-13-11-9-7-2/h9,11,15,17,21,23,27,45,50,52,56,58,71H,6-8,10,12-14,16,18-20,22,24-26,28-44,46-49,51,53-55,57,59-70H2,1-5H3/p+1/b11-9-,17-15-,23-21-,45-27-,52-50-,58-56-. The highest BCUT2D eigenvalue weighted by molar-refractivity contribution is 7.47. The number of carbonyl (C=O) groups excluding carboxylic acids is 2. The molecule has 484 valence electrons. The fraction of sp³-hybridized carbons (Fsp3) is 0.808. The molecule has 0 aromatic rings. The zero-order valence-corrected chi connectivity index (χ0v) is 56.1. The Hall–Kier alpha value is -2.55. The molecule has 0 rings (SSSR count). The number of allylic oxidation sites excluding steroid dienone is 12. The number of carbonyl (C=O) groups is 2. The molecule has 0 bridgehead atoms. The lowest BCUT2D eigenvalue weighted by atomic mass is 10.0. The Morgan fingerprint density at radius 3 is 1.02 bits per heavy atom. The van der Waals surface area contributed by atoms with Gasteiger partial charge in [0.25, 0.3) is 0 Å². The summed E-state index contributed by atoms with van der Waals surface area (Å²) in [5, 5.41) is 0. The van der Waals surface area contributed by atoms with Crippen molar-refractivity contribution in [1.82, 2.24) is 0 Å². The fourth-order valence-corrected chi connectivity index (χ4v) is 10.9. The van der Waals surface area contributed by atoms with E-state index in [4.69, 9.17) is 18.5 Å². The molecule has 9 nitrogen and oxygen atoms in total. The number of ether oxygens (including phenoxy) is 2. The molecule has 0 aliphatic rings. The van der Waals surface area contributed by atoms with E-state index in [2.05, 4.69) is 86.8 Å². The van der Waals surface area contributed by atoms with E-state index in [9.17, 15) is 19.0 Å². The summed E-state index contributed by atoms with van der Waals surface area (Å²) in [6.45, 7) is 4.31. The molecule has 0 amide bonds.